The fourth-order valence-corrected chi connectivity index (χ4v) is 1.78. The van der Waals surface area contributed by atoms with E-state index in [0.717, 1.165) is 21.5 Å². The molecule has 0 fully saturated rings. The minimum atomic E-state index is 0.464. The zero-order valence-electron chi connectivity index (χ0n) is 9.27. The van der Waals surface area contributed by atoms with Crippen LogP contribution >= 0.6 is 15.9 Å². The van der Waals surface area contributed by atoms with Crippen molar-refractivity contribution in [1.82, 2.24) is 4.98 Å². The van der Waals surface area contributed by atoms with Crippen molar-refractivity contribution in [1.29, 1.82) is 0 Å². The van der Waals surface area contributed by atoms with Gasteiger partial charge in [-0.3, -0.25) is 4.98 Å². The summed E-state index contributed by atoms with van der Waals surface area (Å²) in [4.78, 5) is 4.22. The van der Waals surface area contributed by atoms with Gasteiger partial charge in [0.25, 0.3) is 0 Å². The van der Waals surface area contributed by atoms with Gasteiger partial charge in [-0.05, 0) is 34.1 Å². The summed E-state index contributed by atoms with van der Waals surface area (Å²) in [6, 6.07) is 11.7. The molecule has 1 aromatic heterocycles. The summed E-state index contributed by atoms with van der Waals surface area (Å²) in [5, 5.41) is 0. The summed E-state index contributed by atoms with van der Waals surface area (Å²) in [5.74, 6) is 0.829. The number of hydrogen-bond acceptors (Lipinski definition) is 3. The molecule has 0 aliphatic heterocycles. The van der Waals surface area contributed by atoms with Crippen molar-refractivity contribution < 1.29 is 4.74 Å². The van der Waals surface area contributed by atoms with Crippen molar-refractivity contribution in [3.8, 4) is 5.75 Å². The highest BCUT2D eigenvalue weighted by Crippen LogP contribution is 2.24. The van der Waals surface area contributed by atoms with Crippen LogP contribution in [0.15, 0.2) is 47.1 Å². The van der Waals surface area contributed by atoms with Crippen LogP contribution in [0.25, 0.3) is 0 Å². The molecular formula is C13H13BrN2O. The molecule has 0 unspecified atom stereocenters. The van der Waals surface area contributed by atoms with Gasteiger partial charge in [0, 0.05) is 18.3 Å². The van der Waals surface area contributed by atoms with Gasteiger partial charge >= 0.3 is 0 Å². The van der Waals surface area contributed by atoms with E-state index in [1.165, 1.54) is 0 Å². The Morgan fingerprint density at radius 1 is 1.18 bits per heavy atom. The van der Waals surface area contributed by atoms with Crippen LogP contribution in [0.2, 0.25) is 0 Å². The number of pyridine rings is 1. The quantitative estimate of drug-likeness (QED) is 0.943. The molecule has 88 valence electrons. The third-order valence-corrected chi connectivity index (χ3v) is 2.98. The minimum absolute atomic E-state index is 0.464. The van der Waals surface area contributed by atoms with Crippen LogP contribution in [-0.2, 0) is 13.2 Å². The number of ether oxygens (including phenoxy) is 1. The standard InChI is InChI=1S/C13H13BrN2O/c14-12-3-1-2-4-13(12)17-9-10-5-6-11(7-15)16-8-10/h1-6,8H,7,9,15H2. The Balaban J connectivity index is 2.00. The third-order valence-electron chi connectivity index (χ3n) is 2.33. The van der Waals surface area contributed by atoms with E-state index in [1.807, 2.05) is 36.4 Å². The lowest BCUT2D eigenvalue weighted by Gasteiger charge is -2.07. The van der Waals surface area contributed by atoms with E-state index in [2.05, 4.69) is 20.9 Å². The first-order valence-electron chi connectivity index (χ1n) is 5.31. The zero-order chi connectivity index (χ0) is 12.1. The van der Waals surface area contributed by atoms with Gasteiger partial charge in [0.05, 0.1) is 10.2 Å². The van der Waals surface area contributed by atoms with Crippen LogP contribution in [0.3, 0.4) is 0 Å². The molecule has 0 saturated heterocycles. The maximum atomic E-state index is 5.68. The molecule has 1 aromatic carbocycles. The first kappa shape index (κ1) is 12.1. The predicted molar refractivity (Wildman–Crippen MR) is 70.6 cm³/mol. The highest BCUT2D eigenvalue weighted by atomic mass is 79.9. The summed E-state index contributed by atoms with van der Waals surface area (Å²) < 4.78 is 6.63. The molecule has 0 radical (unpaired) electrons. The largest absolute Gasteiger partial charge is 0.488 e. The molecule has 2 aromatic rings. The average Bonchev–Trinajstić information content (AvgIpc) is 2.38. The van der Waals surface area contributed by atoms with Crippen molar-refractivity contribution in [2.75, 3.05) is 0 Å². The summed E-state index contributed by atoms with van der Waals surface area (Å²) >= 11 is 3.44. The van der Waals surface area contributed by atoms with Crippen LogP contribution < -0.4 is 10.5 Å². The lowest BCUT2D eigenvalue weighted by atomic mass is 10.2. The van der Waals surface area contributed by atoms with Crippen LogP contribution in [-0.4, -0.2) is 4.98 Å². The van der Waals surface area contributed by atoms with E-state index >= 15 is 0 Å². The van der Waals surface area contributed by atoms with Crippen molar-refractivity contribution >= 4 is 15.9 Å². The number of benzene rings is 1. The first-order chi connectivity index (χ1) is 8.29. The molecular weight excluding hydrogens is 280 g/mol. The molecule has 4 heteroatoms. The fourth-order valence-electron chi connectivity index (χ4n) is 1.38. The highest BCUT2D eigenvalue weighted by Gasteiger charge is 2.00. The number of nitrogens with zero attached hydrogens (tertiary/aromatic N) is 1. The maximum Gasteiger partial charge on any atom is 0.133 e. The lowest BCUT2D eigenvalue weighted by molar-refractivity contribution is 0.303. The van der Waals surface area contributed by atoms with Gasteiger partial charge in [0.1, 0.15) is 12.4 Å². The molecule has 2 N–H and O–H groups in total. The van der Waals surface area contributed by atoms with E-state index in [1.54, 1.807) is 6.20 Å². The Morgan fingerprint density at radius 3 is 2.65 bits per heavy atom. The van der Waals surface area contributed by atoms with Crippen molar-refractivity contribution in [3.63, 3.8) is 0 Å². The van der Waals surface area contributed by atoms with E-state index in [-0.39, 0.29) is 0 Å². The summed E-state index contributed by atoms with van der Waals surface area (Å²) in [6.07, 6.45) is 1.79. The molecule has 0 aliphatic carbocycles. The minimum Gasteiger partial charge on any atom is -0.488 e. The number of para-hydroxylation sites is 1. The SMILES string of the molecule is NCc1ccc(COc2ccccc2Br)cn1. The van der Waals surface area contributed by atoms with E-state index in [4.69, 9.17) is 10.5 Å². The third kappa shape index (κ3) is 3.28. The second kappa shape index (κ2) is 5.80. The highest BCUT2D eigenvalue weighted by molar-refractivity contribution is 9.10. The predicted octanol–water partition coefficient (Wildman–Crippen LogP) is 2.88. The maximum absolute atomic E-state index is 5.68. The van der Waals surface area contributed by atoms with Crippen molar-refractivity contribution in [3.05, 3.63) is 58.3 Å². The van der Waals surface area contributed by atoms with Crippen LogP contribution in [0.4, 0.5) is 0 Å². The smallest absolute Gasteiger partial charge is 0.133 e. The Labute approximate surface area is 109 Å². The Bertz CT molecular complexity index is 485. The molecule has 1 heterocycles. The molecule has 0 saturated carbocycles. The monoisotopic (exact) mass is 292 g/mol. The normalized spacial score (nSPS) is 10.2. The molecule has 17 heavy (non-hydrogen) atoms. The Morgan fingerprint density at radius 2 is 2.00 bits per heavy atom. The molecule has 2 rings (SSSR count). The summed E-state index contributed by atoms with van der Waals surface area (Å²) in [7, 11) is 0. The lowest BCUT2D eigenvalue weighted by Crippen LogP contribution is -2.01. The number of nitrogens with two attached hydrogens (primary N) is 1. The van der Waals surface area contributed by atoms with Crippen molar-refractivity contribution in [2.24, 2.45) is 5.73 Å². The second-order valence-electron chi connectivity index (χ2n) is 3.58. The molecule has 0 atom stereocenters. The summed E-state index contributed by atoms with van der Waals surface area (Å²) in [5.41, 5.74) is 7.39. The van der Waals surface area contributed by atoms with E-state index in [9.17, 15) is 0 Å². The number of halogens is 1. The van der Waals surface area contributed by atoms with Crippen LogP contribution in [0.1, 0.15) is 11.3 Å². The van der Waals surface area contributed by atoms with E-state index in [0.29, 0.717) is 13.2 Å². The average molecular weight is 293 g/mol. The van der Waals surface area contributed by atoms with Gasteiger partial charge in [-0.2, -0.15) is 0 Å². The topological polar surface area (TPSA) is 48.1 Å². The van der Waals surface area contributed by atoms with Gasteiger partial charge in [-0.25, -0.2) is 0 Å². The zero-order valence-corrected chi connectivity index (χ0v) is 10.9. The van der Waals surface area contributed by atoms with Crippen LogP contribution in [0, 0.1) is 0 Å². The van der Waals surface area contributed by atoms with Gasteiger partial charge < -0.3 is 10.5 Å². The van der Waals surface area contributed by atoms with Gasteiger partial charge in [0.15, 0.2) is 0 Å². The number of aromatic nitrogens is 1. The van der Waals surface area contributed by atoms with Gasteiger partial charge in [-0.15, -0.1) is 0 Å². The van der Waals surface area contributed by atoms with E-state index < -0.39 is 0 Å². The second-order valence-corrected chi connectivity index (χ2v) is 4.44. The molecule has 3 nitrogen and oxygen atoms in total. The van der Waals surface area contributed by atoms with Crippen LogP contribution in [0.5, 0.6) is 5.75 Å². The Hall–Kier alpha value is -1.39. The number of hydrogen-bond donors (Lipinski definition) is 1. The molecule has 0 amide bonds. The molecule has 0 spiro atoms. The van der Waals surface area contributed by atoms with Gasteiger partial charge in [-0.1, -0.05) is 18.2 Å². The van der Waals surface area contributed by atoms with Gasteiger partial charge in [0.2, 0.25) is 0 Å². The number of rotatable bonds is 4. The summed E-state index contributed by atoms with van der Waals surface area (Å²) in [6.45, 7) is 0.964. The molecule has 0 aliphatic rings. The molecule has 0 bridgehead atoms. The first-order valence-corrected chi connectivity index (χ1v) is 6.10. The Kier molecular flexibility index (Phi) is 4.12. The fraction of sp³-hybridized carbons (Fsp3) is 0.154. The van der Waals surface area contributed by atoms with Crippen molar-refractivity contribution in [2.45, 2.75) is 13.2 Å².